The van der Waals surface area contributed by atoms with Gasteiger partial charge in [-0.1, -0.05) is 6.58 Å². The maximum absolute atomic E-state index is 15.0. The number of nitrogens with one attached hydrogen (secondary N) is 1. The lowest BCUT2D eigenvalue weighted by Gasteiger charge is -2.17. The van der Waals surface area contributed by atoms with Crippen LogP contribution in [-0.4, -0.2) is 34.8 Å². The van der Waals surface area contributed by atoms with E-state index in [1.165, 1.54) is 11.8 Å². The van der Waals surface area contributed by atoms with Gasteiger partial charge in [0.2, 0.25) is 11.8 Å². The number of aromatic amines is 1. The van der Waals surface area contributed by atoms with Crippen molar-refractivity contribution in [3.05, 3.63) is 46.9 Å². The van der Waals surface area contributed by atoms with Crippen molar-refractivity contribution in [1.29, 1.82) is 0 Å². The summed E-state index contributed by atoms with van der Waals surface area (Å²) in [5.74, 6) is -2.27. The molecule has 5 nitrogen and oxygen atoms in total. The molecule has 3 N–H and O–H groups in total. The second-order valence-corrected chi connectivity index (χ2v) is 6.92. The Morgan fingerprint density at radius 2 is 2.11 bits per heavy atom. The molecular weight excluding hydrogens is 378 g/mol. The molecule has 1 aliphatic rings. The van der Waals surface area contributed by atoms with E-state index in [1.54, 1.807) is 0 Å². The average molecular weight is 397 g/mol. The molecule has 0 bridgehead atoms. The van der Waals surface area contributed by atoms with Crippen LogP contribution in [0, 0.1) is 12.7 Å². The Labute approximate surface area is 158 Å². The SMILES string of the molecule is C=CC(=O)N1CCC(c2c(F)cc(CC(N)=O)c3[nH]c(C(F)(F)F)c(C)c23)C1. The molecular formula is C19H19F4N3O2. The van der Waals surface area contributed by atoms with Crippen molar-refractivity contribution in [2.75, 3.05) is 13.1 Å². The summed E-state index contributed by atoms with van der Waals surface area (Å²) in [5, 5.41) is 0.0986. The molecule has 0 spiro atoms. The quantitative estimate of drug-likeness (QED) is 0.614. The molecule has 150 valence electrons. The second-order valence-electron chi connectivity index (χ2n) is 6.92. The van der Waals surface area contributed by atoms with Gasteiger partial charge >= 0.3 is 6.18 Å². The number of likely N-dealkylation sites (tertiary alicyclic amines) is 1. The highest BCUT2D eigenvalue weighted by molar-refractivity contribution is 5.94. The number of carbonyl (C=O) groups is 2. The lowest BCUT2D eigenvalue weighted by atomic mass is 9.90. The van der Waals surface area contributed by atoms with Crippen molar-refractivity contribution >= 4 is 22.7 Å². The Bertz CT molecular complexity index is 978. The van der Waals surface area contributed by atoms with Crippen molar-refractivity contribution in [2.45, 2.75) is 31.9 Å². The first-order valence-electron chi connectivity index (χ1n) is 8.65. The Balaban J connectivity index is 2.22. The maximum atomic E-state index is 15.0. The van der Waals surface area contributed by atoms with E-state index in [2.05, 4.69) is 11.6 Å². The van der Waals surface area contributed by atoms with Crippen LogP contribution in [0.5, 0.6) is 0 Å². The van der Waals surface area contributed by atoms with Gasteiger partial charge in [-0.25, -0.2) is 4.39 Å². The van der Waals surface area contributed by atoms with E-state index in [0.29, 0.717) is 13.0 Å². The third kappa shape index (κ3) is 3.36. The fraction of sp³-hybridized carbons (Fsp3) is 0.368. The molecule has 0 radical (unpaired) electrons. The number of carbonyl (C=O) groups excluding carboxylic acids is 2. The standard InChI is InChI=1S/C19H19F4N3O2/c1-3-14(28)26-5-4-10(8-26)16-12(20)6-11(7-13(24)27)17-15(16)9(2)18(25-17)19(21,22)23/h3,6,10,25H,1,4-5,7-8H2,2H3,(H2,24,27). The van der Waals surface area contributed by atoms with Crippen LogP contribution < -0.4 is 5.73 Å². The maximum Gasteiger partial charge on any atom is 0.431 e. The molecule has 1 aromatic heterocycles. The predicted molar refractivity (Wildman–Crippen MR) is 95.0 cm³/mol. The highest BCUT2D eigenvalue weighted by atomic mass is 19.4. The van der Waals surface area contributed by atoms with Crippen LogP contribution in [0.1, 0.15) is 34.7 Å². The molecule has 0 saturated carbocycles. The fourth-order valence-corrected chi connectivity index (χ4v) is 3.93. The van der Waals surface area contributed by atoms with E-state index in [1.807, 2.05) is 0 Å². The van der Waals surface area contributed by atoms with Crippen molar-refractivity contribution < 1.29 is 27.2 Å². The van der Waals surface area contributed by atoms with Crippen LogP contribution in [0.2, 0.25) is 0 Å². The van der Waals surface area contributed by atoms with Gasteiger partial charge in [-0.2, -0.15) is 13.2 Å². The highest BCUT2D eigenvalue weighted by Gasteiger charge is 2.38. The molecule has 2 amide bonds. The Morgan fingerprint density at radius 3 is 2.68 bits per heavy atom. The van der Waals surface area contributed by atoms with E-state index in [-0.39, 0.29) is 40.0 Å². The number of hydrogen-bond donors (Lipinski definition) is 2. The molecule has 1 aromatic carbocycles. The molecule has 1 unspecified atom stereocenters. The zero-order chi connectivity index (χ0) is 20.8. The number of primary amides is 1. The summed E-state index contributed by atoms with van der Waals surface area (Å²) < 4.78 is 55.3. The van der Waals surface area contributed by atoms with Gasteiger partial charge in [0.05, 0.1) is 11.9 Å². The Hall–Kier alpha value is -2.84. The fourth-order valence-electron chi connectivity index (χ4n) is 3.93. The summed E-state index contributed by atoms with van der Waals surface area (Å²) in [4.78, 5) is 26.9. The molecule has 1 atom stereocenters. The van der Waals surface area contributed by atoms with Crippen LogP contribution in [-0.2, 0) is 22.2 Å². The summed E-state index contributed by atoms with van der Waals surface area (Å²) in [7, 11) is 0. The molecule has 0 aliphatic carbocycles. The summed E-state index contributed by atoms with van der Waals surface area (Å²) in [5.41, 5.74) is 4.28. The summed E-state index contributed by atoms with van der Waals surface area (Å²) >= 11 is 0. The van der Waals surface area contributed by atoms with E-state index in [4.69, 9.17) is 5.73 Å². The van der Waals surface area contributed by atoms with Gasteiger partial charge in [0.1, 0.15) is 11.5 Å². The summed E-state index contributed by atoms with van der Waals surface area (Å²) in [6, 6.07) is 1.05. The smallest absolute Gasteiger partial charge is 0.369 e. The minimum atomic E-state index is -4.67. The van der Waals surface area contributed by atoms with Gasteiger partial charge < -0.3 is 15.6 Å². The van der Waals surface area contributed by atoms with E-state index < -0.39 is 35.9 Å². The number of alkyl halides is 3. The predicted octanol–water partition coefficient (Wildman–Crippen LogP) is 3.16. The van der Waals surface area contributed by atoms with Gasteiger partial charge in [0.25, 0.3) is 0 Å². The van der Waals surface area contributed by atoms with E-state index >= 15 is 4.39 Å². The van der Waals surface area contributed by atoms with Crippen molar-refractivity contribution in [3.63, 3.8) is 0 Å². The monoisotopic (exact) mass is 397 g/mol. The summed E-state index contributed by atoms with van der Waals surface area (Å²) in [6.07, 6.45) is -3.50. The number of H-pyrrole nitrogens is 1. The third-order valence-corrected chi connectivity index (χ3v) is 5.13. The first-order valence-corrected chi connectivity index (χ1v) is 8.65. The number of aryl methyl sites for hydroxylation is 1. The van der Waals surface area contributed by atoms with Crippen molar-refractivity contribution in [1.82, 2.24) is 9.88 Å². The molecule has 1 fully saturated rings. The minimum Gasteiger partial charge on any atom is -0.369 e. The molecule has 28 heavy (non-hydrogen) atoms. The number of halogens is 4. The number of nitrogens with two attached hydrogens (primary N) is 1. The van der Waals surface area contributed by atoms with E-state index in [0.717, 1.165) is 12.1 Å². The lowest BCUT2D eigenvalue weighted by molar-refractivity contribution is -0.141. The molecule has 1 saturated heterocycles. The zero-order valence-corrected chi connectivity index (χ0v) is 15.1. The molecule has 3 rings (SSSR count). The Kier molecular flexibility index (Phi) is 4.95. The Morgan fingerprint density at radius 1 is 1.43 bits per heavy atom. The van der Waals surface area contributed by atoms with Crippen molar-refractivity contribution in [2.24, 2.45) is 5.73 Å². The molecule has 1 aliphatic heterocycles. The normalized spacial score (nSPS) is 17.3. The molecule has 2 aromatic rings. The zero-order valence-electron chi connectivity index (χ0n) is 15.1. The second kappa shape index (κ2) is 6.96. The molecule has 9 heteroatoms. The van der Waals surface area contributed by atoms with Gasteiger partial charge in [-0.3, -0.25) is 9.59 Å². The van der Waals surface area contributed by atoms with E-state index in [9.17, 15) is 22.8 Å². The van der Waals surface area contributed by atoms with Gasteiger partial charge in [-0.05, 0) is 36.6 Å². The molecule has 2 heterocycles. The van der Waals surface area contributed by atoms with Crippen LogP contribution >= 0.6 is 0 Å². The van der Waals surface area contributed by atoms with Gasteiger partial charge in [-0.15, -0.1) is 0 Å². The average Bonchev–Trinajstić information content (AvgIpc) is 3.19. The third-order valence-electron chi connectivity index (χ3n) is 5.13. The largest absolute Gasteiger partial charge is 0.431 e. The van der Waals surface area contributed by atoms with Crippen molar-refractivity contribution in [3.8, 4) is 0 Å². The van der Waals surface area contributed by atoms with Crippen LogP contribution in [0.25, 0.3) is 10.9 Å². The first kappa shape index (κ1) is 19.9. The number of hydrogen-bond acceptors (Lipinski definition) is 2. The van der Waals surface area contributed by atoms with Crippen LogP contribution in [0.15, 0.2) is 18.7 Å². The number of aromatic nitrogens is 1. The number of amides is 2. The number of nitrogens with zero attached hydrogens (tertiary/aromatic N) is 1. The number of rotatable bonds is 4. The van der Waals surface area contributed by atoms with Crippen LogP contribution in [0.4, 0.5) is 17.6 Å². The minimum absolute atomic E-state index is 0.0496. The lowest BCUT2D eigenvalue weighted by Crippen LogP contribution is -2.26. The number of fused-ring (bicyclic) bond motifs is 1. The summed E-state index contributed by atoms with van der Waals surface area (Å²) in [6.45, 7) is 5.21. The topological polar surface area (TPSA) is 79.2 Å². The number of benzene rings is 1. The van der Waals surface area contributed by atoms with Gasteiger partial charge in [0.15, 0.2) is 0 Å². The van der Waals surface area contributed by atoms with Crippen LogP contribution in [0.3, 0.4) is 0 Å². The first-order chi connectivity index (χ1) is 13.0. The van der Waals surface area contributed by atoms with Gasteiger partial charge in [0, 0.05) is 30.0 Å². The highest BCUT2D eigenvalue weighted by Crippen LogP contribution is 2.42.